The minimum atomic E-state index is -0.129. The maximum atomic E-state index is 11.7. The molecule has 1 N–H and O–H groups in total. The lowest BCUT2D eigenvalue weighted by Crippen LogP contribution is -2.21. The molecule has 0 saturated carbocycles. The van der Waals surface area contributed by atoms with Crippen LogP contribution >= 0.6 is 0 Å². The summed E-state index contributed by atoms with van der Waals surface area (Å²) in [4.78, 5) is 11.7. The standard InChI is InChI=1S/C13H9N3O/c1-16-12-5-4-9(7-10(12)8-15-16)11-3-2-6-14-13(11)17/h2-5,7-8H,1H3/p+1. The van der Waals surface area contributed by atoms with E-state index in [9.17, 15) is 4.79 Å². The molecule has 1 aromatic carbocycles. The highest BCUT2D eigenvalue weighted by Gasteiger charge is 2.21. The number of aromatic nitrogens is 2. The van der Waals surface area contributed by atoms with Gasteiger partial charge in [0, 0.05) is 18.0 Å². The van der Waals surface area contributed by atoms with E-state index >= 15 is 0 Å². The molecule has 1 aliphatic rings. The molecule has 17 heavy (non-hydrogen) atoms. The Kier molecular flexibility index (Phi) is 2.03. The van der Waals surface area contributed by atoms with Crippen LogP contribution in [0.1, 0.15) is 5.56 Å². The Hall–Kier alpha value is -2.45. The quantitative estimate of drug-likeness (QED) is 0.744. The minimum Gasteiger partial charge on any atom is -0.268 e. The first-order valence-electron chi connectivity index (χ1n) is 5.27. The topological polar surface area (TPSA) is 46.9 Å². The molecule has 82 valence electrons. The predicted octanol–water partition coefficient (Wildman–Crippen LogP) is 1.40. The maximum absolute atomic E-state index is 11.7. The summed E-state index contributed by atoms with van der Waals surface area (Å²) in [7, 11) is 1.90. The fourth-order valence-electron chi connectivity index (χ4n) is 1.93. The Morgan fingerprint density at radius 2 is 2.29 bits per heavy atom. The lowest BCUT2D eigenvalue weighted by Gasteiger charge is -2.02. The van der Waals surface area contributed by atoms with Crippen molar-refractivity contribution in [2.75, 3.05) is 0 Å². The highest BCUT2D eigenvalue weighted by Crippen LogP contribution is 2.22. The summed E-state index contributed by atoms with van der Waals surface area (Å²) in [6, 6.07) is 5.86. The van der Waals surface area contributed by atoms with Gasteiger partial charge in [-0.15, -0.1) is 0 Å². The number of nitrogens with one attached hydrogen (secondary N) is 1. The fraction of sp³-hybridized carbons (Fsp3) is 0.0769. The van der Waals surface area contributed by atoms with Gasteiger partial charge in [0.15, 0.2) is 5.57 Å². The van der Waals surface area contributed by atoms with Crippen LogP contribution in [0.3, 0.4) is 0 Å². The molecule has 2 aromatic rings. The van der Waals surface area contributed by atoms with Crippen LogP contribution in [0.25, 0.3) is 16.5 Å². The number of hydrogen-bond donors (Lipinski definition) is 1. The van der Waals surface area contributed by atoms with Gasteiger partial charge in [0.25, 0.3) is 0 Å². The van der Waals surface area contributed by atoms with Crippen LogP contribution in [0, 0.1) is 6.20 Å². The largest absolute Gasteiger partial charge is 0.370 e. The normalized spacial score (nSPS) is 14.4. The SMILES string of the molecule is Cn1ncc2cc(C3=CC=[C+]NC3=O)ccc21. The number of amides is 1. The third-order valence-electron chi connectivity index (χ3n) is 2.82. The highest BCUT2D eigenvalue weighted by molar-refractivity contribution is 6.21. The summed E-state index contributed by atoms with van der Waals surface area (Å²) < 4.78 is 1.81. The van der Waals surface area contributed by atoms with Gasteiger partial charge in [-0.2, -0.15) is 15.2 Å². The number of nitrogens with zero attached hydrogens (tertiary/aromatic N) is 2. The van der Waals surface area contributed by atoms with Crippen molar-refractivity contribution in [1.29, 1.82) is 0 Å². The number of carbonyl (C=O) groups is 1. The molecule has 0 radical (unpaired) electrons. The molecule has 1 amide bonds. The Labute approximate surface area is 98.2 Å². The van der Waals surface area contributed by atoms with Crippen LogP contribution < -0.4 is 5.32 Å². The van der Waals surface area contributed by atoms with E-state index in [-0.39, 0.29) is 5.91 Å². The summed E-state index contributed by atoms with van der Waals surface area (Å²) in [5, 5.41) is 7.75. The Bertz CT molecular complexity index is 664. The lowest BCUT2D eigenvalue weighted by atomic mass is 10.0. The Morgan fingerprint density at radius 1 is 1.41 bits per heavy atom. The molecule has 0 spiro atoms. The molecule has 0 fully saturated rings. The number of hydrogen-bond acceptors (Lipinski definition) is 2. The maximum Gasteiger partial charge on any atom is 0.370 e. The van der Waals surface area contributed by atoms with Crippen LogP contribution in [0.4, 0.5) is 0 Å². The van der Waals surface area contributed by atoms with Gasteiger partial charge in [0.05, 0.1) is 17.8 Å². The molecule has 0 aliphatic carbocycles. The first-order chi connectivity index (χ1) is 8.25. The van der Waals surface area contributed by atoms with Crippen LogP contribution in [0.15, 0.2) is 36.5 Å². The zero-order chi connectivity index (χ0) is 11.8. The second-order valence-electron chi connectivity index (χ2n) is 3.89. The van der Waals surface area contributed by atoms with Gasteiger partial charge in [0.2, 0.25) is 0 Å². The van der Waals surface area contributed by atoms with Crippen molar-refractivity contribution in [2.45, 2.75) is 0 Å². The third-order valence-corrected chi connectivity index (χ3v) is 2.82. The van der Waals surface area contributed by atoms with E-state index in [2.05, 4.69) is 16.6 Å². The first kappa shape index (κ1) is 9.75. The van der Waals surface area contributed by atoms with E-state index in [1.165, 1.54) is 0 Å². The first-order valence-corrected chi connectivity index (χ1v) is 5.27. The summed E-state index contributed by atoms with van der Waals surface area (Å²) in [6.07, 6.45) is 7.91. The van der Waals surface area contributed by atoms with E-state index in [1.807, 2.05) is 29.9 Å². The van der Waals surface area contributed by atoms with Crippen LogP contribution in [-0.2, 0) is 11.8 Å². The van der Waals surface area contributed by atoms with E-state index in [0.29, 0.717) is 5.57 Å². The summed E-state index contributed by atoms with van der Waals surface area (Å²) in [5.41, 5.74) is 2.59. The van der Waals surface area contributed by atoms with Crippen molar-refractivity contribution < 1.29 is 4.79 Å². The molecule has 0 bridgehead atoms. The number of aryl methyl sites for hydroxylation is 1. The van der Waals surface area contributed by atoms with Crippen LogP contribution in [0.5, 0.6) is 0 Å². The number of carbonyl (C=O) groups excluding carboxylic acids is 1. The van der Waals surface area contributed by atoms with E-state index in [1.54, 1.807) is 18.3 Å². The number of rotatable bonds is 1. The van der Waals surface area contributed by atoms with Crippen LogP contribution in [-0.4, -0.2) is 15.7 Å². The molecular formula is C13H10N3O+. The molecule has 1 aliphatic heterocycles. The molecule has 4 heteroatoms. The summed E-state index contributed by atoms with van der Waals surface area (Å²) in [6.45, 7) is 0. The Balaban J connectivity index is 2.15. The van der Waals surface area contributed by atoms with Crippen molar-refractivity contribution in [2.24, 2.45) is 7.05 Å². The van der Waals surface area contributed by atoms with Gasteiger partial charge < -0.3 is 0 Å². The minimum absolute atomic E-state index is 0.129. The van der Waals surface area contributed by atoms with Gasteiger partial charge in [-0.25, -0.2) is 0 Å². The van der Waals surface area contributed by atoms with Crippen molar-refractivity contribution in [3.05, 3.63) is 48.3 Å². The van der Waals surface area contributed by atoms with E-state index < -0.39 is 0 Å². The number of fused-ring (bicyclic) bond motifs is 1. The molecule has 3 rings (SSSR count). The van der Waals surface area contributed by atoms with Gasteiger partial charge >= 0.3 is 5.91 Å². The summed E-state index contributed by atoms with van der Waals surface area (Å²) >= 11 is 0. The van der Waals surface area contributed by atoms with Gasteiger partial charge in [-0.3, -0.25) is 4.68 Å². The van der Waals surface area contributed by atoms with Gasteiger partial charge in [-0.05, 0) is 18.2 Å². The van der Waals surface area contributed by atoms with Gasteiger partial charge in [-0.1, -0.05) is 0 Å². The molecule has 0 saturated heterocycles. The molecule has 1 aromatic heterocycles. The van der Waals surface area contributed by atoms with E-state index in [0.717, 1.165) is 16.5 Å². The zero-order valence-electron chi connectivity index (χ0n) is 9.27. The second kappa shape index (κ2) is 3.54. The third kappa shape index (κ3) is 1.51. The van der Waals surface area contributed by atoms with Gasteiger partial charge in [0.1, 0.15) is 12.3 Å². The summed E-state index contributed by atoms with van der Waals surface area (Å²) in [5.74, 6) is -0.129. The zero-order valence-corrected chi connectivity index (χ0v) is 9.27. The van der Waals surface area contributed by atoms with Crippen molar-refractivity contribution >= 4 is 22.4 Å². The molecular weight excluding hydrogens is 214 g/mol. The molecule has 4 nitrogen and oxygen atoms in total. The lowest BCUT2D eigenvalue weighted by molar-refractivity contribution is -0.115. The monoisotopic (exact) mass is 224 g/mol. The van der Waals surface area contributed by atoms with E-state index in [4.69, 9.17) is 0 Å². The van der Waals surface area contributed by atoms with Crippen molar-refractivity contribution in [3.63, 3.8) is 0 Å². The predicted molar refractivity (Wildman–Crippen MR) is 64.6 cm³/mol. The fourth-order valence-corrected chi connectivity index (χ4v) is 1.93. The molecule has 0 unspecified atom stereocenters. The average molecular weight is 224 g/mol. The van der Waals surface area contributed by atoms with Crippen molar-refractivity contribution in [3.8, 4) is 0 Å². The number of benzene rings is 1. The molecule has 0 atom stereocenters. The van der Waals surface area contributed by atoms with Crippen LogP contribution in [0.2, 0.25) is 0 Å². The number of dihydropyridines is 1. The second-order valence-corrected chi connectivity index (χ2v) is 3.89. The molecule has 2 heterocycles. The Morgan fingerprint density at radius 3 is 3.12 bits per heavy atom. The smallest absolute Gasteiger partial charge is 0.268 e. The highest BCUT2D eigenvalue weighted by atomic mass is 16.1. The average Bonchev–Trinajstić information content (AvgIpc) is 2.71. The number of allylic oxidation sites excluding steroid dienone is 2. The van der Waals surface area contributed by atoms with Crippen molar-refractivity contribution in [1.82, 2.24) is 15.1 Å².